The molecule has 3 aromatic carbocycles. The summed E-state index contributed by atoms with van der Waals surface area (Å²) >= 11 is 0. The van der Waals surface area contributed by atoms with E-state index in [0.29, 0.717) is 6.54 Å². The van der Waals surface area contributed by atoms with E-state index in [1.54, 1.807) is 0 Å². The lowest BCUT2D eigenvalue weighted by Gasteiger charge is -2.34. The highest BCUT2D eigenvalue weighted by atomic mass is 15.5. The molecule has 0 N–H and O–H groups in total. The minimum absolute atomic E-state index is 0.152. The van der Waals surface area contributed by atoms with Gasteiger partial charge in [0.2, 0.25) is 0 Å². The molecule has 0 amide bonds. The van der Waals surface area contributed by atoms with E-state index in [1.807, 2.05) is 12.1 Å². The number of rotatable bonds is 4. The van der Waals surface area contributed by atoms with E-state index in [4.69, 9.17) is 10.1 Å². The maximum absolute atomic E-state index is 5.10. The summed E-state index contributed by atoms with van der Waals surface area (Å²) in [5.74, 6) is 0.939. The summed E-state index contributed by atoms with van der Waals surface area (Å²) in [5, 5.41) is 7.20. The van der Waals surface area contributed by atoms with Crippen molar-refractivity contribution in [3.05, 3.63) is 108 Å². The molecule has 2 unspecified atom stereocenters. The van der Waals surface area contributed by atoms with Crippen LogP contribution in [0.5, 0.6) is 0 Å². The van der Waals surface area contributed by atoms with Gasteiger partial charge in [0.15, 0.2) is 0 Å². The Morgan fingerprint density at radius 2 is 1.45 bits per heavy atom. The Morgan fingerprint density at radius 1 is 0.897 bits per heavy atom. The third-order valence-corrected chi connectivity index (χ3v) is 5.99. The highest BCUT2D eigenvalue weighted by molar-refractivity contribution is 6.10. The number of nitrogens with zero attached hydrogens (tertiary/aromatic N) is 3. The molecule has 0 fully saturated rings. The first-order valence-corrected chi connectivity index (χ1v) is 10.1. The first-order valence-electron chi connectivity index (χ1n) is 10.1. The highest BCUT2D eigenvalue weighted by Gasteiger charge is 2.47. The topological polar surface area (TPSA) is 28.0 Å². The molecule has 0 saturated heterocycles. The van der Waals surface area contributed by atoms with E-state index in [9.17, 15) is 0 Å². The molecule has 0 bridgehead atoms. The van der Waals surface area contributed by atoms with E-state index in [1.165, 1.54) is 11.1 Å². The van der Waals surface area contributed by atoms with Crippen molar-refractivity contribution in [3.8, 4) is 0 Å². The summed E-state index contributed by atoms with van der Waals surface area (Å²) < 4.78 is 0. The molecule has 4 rings (SSSR count). The van der Waals surface area contributed by atoms with Crippen molar-refractivity contribution in [2.24, 2.45) is 10.1 Å². The van der Waals surface area contributed by atoms with Gasteiger partial charge in [0.05, 0.1) is 23.7 Å². The zero-order valence-electron chi connectivity index (χ0n) is 17.3. The lowest BCUT2D eigenvalue weighted by molar-refractivity contribution is 0.311. The number of benzene rings is 3. The standard InChI is InChI=1S/C26H27N3/c1-20-26(3,24-17-11-6-12-18-24)25(23-15-9-5-10-16-23)28-29(20)21(2)27-19-22-13-7-4-8-14-22/h4-18,20H,19H2,1-3H3. The zero-order valence-corrected chi connectivity index (χ0v) is 17.3. The fourth-order valence-corrected chi connectivity index (χ4v) is 4.07. The minimum Gasteiger partial charge on any atom is -0.266 e. The molecule has 1 aliphatic heterocycles. The van der Waals surface area contributed by atoms with E-state index < -0.39 is 0 Å². The van der Waals surface area contributed by atoms with E-state index in [2.05, 4.69) is 105 Å². The van der Waals surface area contributed by atoms with Gasteiger partial charge in [-0.25, -0.2) is 5.01 Å². The van der Waals surface area contributed by atoms with Gasteiger partial charge in [0, 0.05) is 0 Å². The lowest BCUT2D eigenvalue weighted by atomic mass is 9.71. The van der Waals surface area contributed by atoms with Crippen LogP contribution in [0.1, 0.15) is 37.5 Å². The van der Waals surface area contributed by atoms with Crippen LogP contribution >= 0.6 is 0 Å². The third-order valence-electron chi connectivity index (χ3n) is 5.99. The second-order valence-electron chi connectivity index (χ2n) is 7.75. The van der Waals surface area contributed by atoms with Gasteiger partial charge in [-0.05, 0) is 37.5 Å². The average molecular weight is 382 g/mol. The van der Waals surface area contributed by atoms with Crippen LogP contribution in [0.2, 0.25) is 0 Å². The van der Waals surface area contributed by atoms with Gasteiger partial charge in [-0.2, -0.15) is 5.10 Å². The SMILES string of the molecule is CC(=NCc1ccccc1)N1N=C(c2ccccc2)C(C)(c2ccccc2)C1C. The first-order chi connectivity index (χ1) is 14.1. The molecule has 3 heteroatoms. The van der Waals surface area contributed by atoms with Crippen molar-refractivity contribution >= 4 is 11.5 Å². The Labute approximate surface area is 173 Å². The number of hydrogen-bond donors (Lipinski definition) is 0. The van der Waals surface area contributed by atoms with E-state index in [0.717, 1.165) is 17.1 Å². The van der Waals surface area contributed by atoms with Crippen molar-refractivity contribution in [1.82, 2.24) is 5.01 Å². The maximum Gasteiger partial charge on any atom is 0.117 e. The molecular formula is C26H27N3. The van der Waals surface area contributed by atoms with Gasteiger partial charge < -0.3 is 0 Å². The van der Waals surface area contributed by atoms with E-state index >= 15 is 0 Å². The van der Waals surface area contributed by atoms with Crippen LogP contribution < -0.4 is 0 Å². The summed E-state index contributed by atoms with van der Waals surface area (Å²) in [6.07, 6.45) is 0. The minimum atomic E-state index is -0.230. The summed E-state index contributed by atoms with van der Waals surface area (Å²) in [4.78, 5) is 4.85. The fourth-order valence-electron chi connectivity index (χ4n) is 4.07. The second kappa shape index (κ2) is 8.04. The highest BCUT2D eigenvalue weighted by Crippen LogP contribution is 2.40. The van der Waals surface area contributed by atoms with Crippen LogP contribution in [-0.2, 0) is 12.0 Å². The Morgan fingerprint density at radius 3 is 2.07 bits per heavy atom. The van der Waals surface area contributed by atoms with Crippen LogP contribution in [0.25, 0.3) is 0 Å². The quantitative estimate of drug-likeness (QED) is 0.423. The number of aliphatic imine (C=N–C) groups is 1. The van der Waals surface area contributed by atoms with Crippen LogP contribution in [-0.4, -0.2) is 22.6 Å². The third kappa shape index (κ3) is 3.61. The second-order valence-corrected chi connectivity index (χ2v) is 7.75. The zero-order chi connectivity index (χ0) is 20.3. The molecule has 1 aliphatic rings. The molecule has 29 heavy (non-hydrogen) atoms. The average Bonchev–Trinajstić information content (AvgIpc) is 3.06. The molecule has 146 valence electrons. The van der Waals surface area contributed by atoms with Crippen LogP contribution in [0, 0.1) is 0 Å². The van der Waals surface area contributed by atoms with Gasteiger partial charge in [-0.3, -0.25) is 4.99 Å². The lowest BCUT2D eigenvalue weighted by Crippen LogP contribution is -2.45. The van der Waals surface area contributed by atoms with Gasteiger partial charge in [0.1, 0.15) is 5.84 Å². The van der Waals surface area contributed by atoms with Crippen molar-refractivity contribution < 1.29 is 0 Å². The Bertz CT molecular complexity index is 1010. The van der Waals surface area contributed by atoms with Crippen LogP contribution in [0.15, 0.2) is 101 Å². The van der Waals surface area contributed by atoms with Crippen LogP contribution in [0.3, 0.4) is 0 Å². The van der Waals surface area contributed by atoms with Gasteiger partial charge in [-0.1, -0.05) is 91.0 Å². The first kappa shape index (κ1) is 19.1. The summed E-state index contributed by atoms with van der Waals surface area (Å²) in [7, 11) is 0. The van der Waals surface area contributed by atoms with Crippen LogP contribution in [0.4, 0.5) is 0 Å². The largest absolute Gasteiger partial charge is 0.266 e. The molecule has 0 aliphatic carbocycles. The maximum atomic E-state index is 5.10. The molecule has 0 spiro atoms. The monoisotopic (exact) mass is 381 g/mol. The van der Waals surface area contributed by atoms with Gasteiger partial charge in [-0.15, -0.1) is 0 Å². The molecule has 1 heterocycles. The number of hydrogen-bond acceptors (Lipinski definition) is 2. The predicted molar refractivity (Wildman–Crippen MR) is 121 cm³/mol. The van der Waals surface area contributed by atoms with Crippen molar-refractivity contribution in [1.29, 1.82) is 0 Å². The molecular weight excluding hydrogens is 354 g/mol. The fraction of sp³-hybridized carbons (Fsp3) is 0.231. The molecule has 0 radical (unpaired) electrons. The number of hydrazone groups is 1. The molecule has 0 saturated carbocycles. The molecule has 2 atom stereocenters. The predicted octanol–water partition coefficient (Wildman–Crippen LogP) is 5.67. The van der Waals surface area contributed by atoms with E-state index in [-0.39, 0.29) is 11.5 Å². The Hall–Kier alpha value is -3.20. The van der Waals surface area contributed by atoms with Crippen molar-refractivity contribution in [2.75, 3.05) is 0 Å². The molecule has 3 aromatic rings. The Kier molecular flexibility index (Phi) is 5.30. The van der Waals surface area contributed by atoms with Crippen molar-refractivity contribution in [3.63, 3.8) is 0 Å². The van der Waals surface area contributed by atoms with Gasteiger partial charge >= 0.3 is 0 Å². The smallest absolute Gasteiger partial charge is 0.117 e. The summed E-state index contributed by atoms with van der Waals surface area (Å²) in [6.45, 7) is 7.26. The van der Waals surface area contributed by atoms with Gasteiger partial charge in [0.25, 0.3) is 0 Å². The molecule has 0 aromatic heterocycles. The molecule has 3 nitrogen and oxygen atoms in total. The summed E-state index contributed by atoms with van der Waals surface area (Å²) in [6, 6.07) is 31.7. The Balaban J connectivity index is 1.73. The summed E-state index contributed by atoms with van der Waals surface area (Å²) in [5.41, 5.74) is 4.49. The number of amidine groups is 1. The normalized spacial score (nSPS) is 21.9. The van der Waals surface area contributed by atoms with Crippen molar-refractivity contribution in [2.45, 2.75) is 38.8 Å².